The Kier molecular flexibility index (Phi) is 6.89. The van der Waals surface area contributed by atoms with Gasteiger partial charge < -0.3 is 15.0 Å². The maximum absolute atomic E-state index is 12.0. The Morgan fingerprint density at radius 2 is 2.11 bits per heavy atom. The second-order valence-corrected chi connectivity index (χ2v) is 4.07. The van der Waals surface area contributed by atoms with Gasteiger partial charge in [-0.2, -0.15) is 0 Å². The Hall–Kier alpha value is -1.62. The highest BCUT2D eigenvalue weighted by Crippen LogP contribution is 2.13. The van der Waals surface area contributed by atoms with Crippen molar-refractivity contribution in [2.24, 2.45) is 0 Å². The standard InChI is InChI=1S/C14H23N3O2/c1-4-17(5-2)11-10-15-13(18)12-8-7-9-16-14(12)19-6-3/h7-9H,4-6,10-11H2,1-3H3,(H,15,18). The van der Waals surface area contributed by atoms with E-state index in [0.717, 1.165) is 19.6 Å². The van der Waals surface area contributed by atoms with Crippen LogP contribution in [0.3, 0.4) is 0 Å². The highest BCUT2D eigenvalue weighted by Gasteiger charge is 2.12. The number of carbonyl (C=O) groups is 1. The van der Waals surface area contributed by atoms with E-state index in [1.165, 1.54) is 0 Å². The number of pyridine rings is 1. The summed E-state index contributed by atoms with van der Waals surface area (Å²) in [6.07, 6.45) is 1.62. The molecule has 0 saturated carbocycles. The van der Waals surface area contributed by atoms with Gasteiger partial charge in [0.1, 0.15) is 5.56 Å². The van der Waals surface area contributed by atoms with Crippen LogP contribution in [0.4, 0.5) is 0 Å². The zero-order valence-corrected chi connectivity index (χ0v) is 12.0. The maximum atomic E-state index is 12.0. The van der Waals surface area contributed by atoms with E-state index in [9.17, 15) is 4.79 Å². The first-order valence-corrected chi connectivity index (χ1v) is 6.81. The van der Waals surface area contributed by atoms with E-state index < -0.39 is 0 Å². The fraction of sp³-hybridized carbons (Fsp3) is 0.571. The summed E-state index contributed by atoms with van der Waals surface area (Å²) in [6, 6.07) is 3.46. The van der Waals surface area contributed by atoms with Crippen molar-refractivity contribution >= 4 is 5.91 Å². The van der Waals surface area contributed by atoms with E-state index in [0.29, 0.717) is 24.6 Å². The molecule has 0 aliphatic heterocycles. The lowest BCUT2D eigenvalue weighted by Gasteiger charge is -2.18. The number of ether oxygens (including phenoxy) is 1. The molecule has 1 aromatic rings. The number of carbonyl (C=O) groups excluding carboxylic acids is 1. The molecule has 5 heteroatoms. The van der Waals surface area contributed by atoms with E-state index in [1.54, 1.807) is 18.3 Å². The second kappa shape index (κ2) is 8.48. The van der Waals surface area contributed by atoms with Gasteiger partial charge in [-0.15, -0.1) is 0 Å². The summed E-state index contributed by atoms with van der Waals surface area (Å²) in [6.45, 7) is 10.0. The minimum absolute atomic E-state index is 0.135. The van der Waals surface area contributed by atoms with Crippen LogP contribution in [0.2, 0.25) is 0 Å². The highest BCUT2D eigenvalue weighted by molar-refractivity contribution is 5.96. The number of rotatable bonds is 8. The molecule has 1 amide bonds. The van der Waals surface area contributed by atoms with Gasteiger partial charge in [-0.3, -0.25) is 4.79 Å². The topological polar surface area (TPSA) is 54.5 Å². The number of likely N-dealkylation sites (N-methyl/N-ethyl adjacent to an activating group) is 1. The molecule has 0 bridgehead atoms. The van der Waals surface area contributed by atoms with E-state index >= 15 is 0 Å². The minimum Gasteiger partial charge on any atom is -0.477 e. The second-order valence-electron chi connectivity index (χ2n) is 4.07. The van der Waals surface area contributed by atoms with E-state index in [1.807, 2.05) is 6.92 Å². The summed E-state index contributed by atoms with van der Waals surface area (Å²) in [5.74, 6) is 0.258. The summed E-state index contributed by atoms with van der Waals surface area (Å²) < 4.78 is 5.35. The van der Waals surface area contributed by atoms with Crippen molar-refractivity contribution in [1.82, 2.24) is 15.2 Å². The van der Waals surface area contributed by atoms with Crippen LogP contribution in [-0.2, 0) is 0 Å². The average Bonchev–Trinajstić information content (AvgIpc) is 2.44. The smallest absolute Gasteiger partial charge is 0.256 e. The SMILES string of the molecule is CCOc1ncccc1C(=O)NCCN(CC)CC. The van der Waals surface area contributed by atoms with Crippen LogP contribution < -0.4 is 10.1 Å². The fourth-order valence-corrected chi connectivity index (χ4v) is 1.78. The summed E-state index contributed by atoms with van der Waals surface area (Å²) in [5.41, 5.74) is 0.490. The number of nitrogens with one attached hydrogen (secondary N) is 1. The van der Waals surface area contributed by atoms with Crippen LogP contribution in [0.25, 0.3) is 0 Å². The van der Waals surface area contributed by atoms with Crippen LogP contribution in [0, 0.1) is 0 Å². The third-order valence-electron chi connectivity index (χ3n) is 2.90. The van der Waals surface area contributed by atoms with Crippen LogP contribution in [0.1, 0.15) is 31.1 Å². The van der Waals surface area contributed by atoms with Gasteiger partial charge in [-0.1, -0.05) is 13.8 Å². The van der Waals surface area contributed by atoms with E-state index in [4.69, 9.17) is 4.74 Å². The molecule has 5 nitrogen and oxygen atoms in total. The van der Waals surface area contributed by atoms with Gasteiger partial charge in [0, 0.05) is 19.3 Å². The number of hydrogen-bond donors (Lipinski definition) is 1. The predicted molar refractivity (Wildman–Crippen MR) is 75.5 cm³/mol. The van der Waals surface area contributed by atoms with Gasteiger partial charge in [-0.25, -0.2) is 4.98 Å². The molecule has 1 aromatic heterocycles. The van der Waals surface area contributed by atoms with Crippen molar-refractivity contribution < 1.29 is 9.53 Å². The molecule has 1 rings (SSSR count). The predicted octanol–water partition coefficient (Wildman–Crippen LogP) is 1.55. The van der Waals surface area contributed by atoms with Crippen LogP contribution in [-0.4, -0.2) is 48.6 Å². The van der Waals surface area contributed by atoms with Gasteiger partial charge in [0.05, 0.1) is 6.61 Å². The first kappa shape index (κ1) is 15.4. The Labute approximate surface area is 115 Å². The summed E-state index contributed by atoms with van der Waals surface area (Å²) in [7, 11) is 0. The van der Waals surface area contributed by atoms with Gasteiger partial charge in [0.2, 0.25) is 5.88 Å². The van der Waals surface area contributed by atoms with Gasteiger partial charge >= 0.3 is 0 Å². The molecule has 0 atom stereocenters. The number of hydrogen-bond acceptors (Lipinski definition) is 4. The third-order valence-corrected chi connectivity index (χ3v) is 2.90. The molecular weight excluding hydrogens is 242 g/mol. The van der Waals surface area contributed by atoms with E-state index in [2.05, 4.69) is 29.0 Å². The van der Waals surface area contributed by atoms with Crippen molar-refractivity contribution in [1.29, 1.82) is 0 Å². The third kappa shape index (κ3) is 4.87. The van der Waals surface area contributed by atoms with Crippen LogP contribution >= 0.6 is 0 Å². The minimum atomic E-state index is -0.135. The largest absolute Gasteiger partial charge is 0.477 e. The first-order valence-electron chi connectivity index (χ1n) is 6.81. The Bertz CT molecular complexity index is 392. The van der Waals surface area contributed by atoms with Gasteiger partial charge in [-0.05, 0) is 32.1 Å². The zero-order chi connectivity index (χ0) is 14.1. The van der Waals surface area contributed by atoms with Gasteiger partial charge in [0.25, 0.3) is 5.91 Å². The molecule has 0 saturated heterocycles. The molecule has 1 heterocycles. The molecule has 0 fully saturated rings. The van der Waals surface area contributed by atoms with Gasteiger partial charge in [0.15, 0.2) is 0 Å². The first-order chi connectivity index (χ1) is 9.22. The normalized spacial score (nSPS) is 10.5. The van der Waals surface area contributed by atoms with Crippen molar-refractivity contribution in [3.05, 3.63) is 23.9 Å². The average molecular weight is 265 g/mol. The molecule has 0 radical (unpaired) electrons. The Morgan fingerprint density at radius 1 is 1.37 bits per heavy atom. The summed E-state index contributed by atoms with van der Waals surface area (Å²) in [4.78, 5) is 18.4. The number of amides is 1. The monoisotopic (exact) mass is 265 g/mol. The lowest BCUT2D eigenvalue weighted by atomic mass is 10.2. The quantitative estimate of drug-likeness (QED) is 0.775. The number of nitrogens with zero attached hydrogens (tertiary/aromatic N) is 2. The maximum Gasteiger partial charge on any atom is 0.256 e. The molecule has 1 N–H and O–H groups in total. The highest BCUT2D eigenvalue weighted by atomic mass is 16.5. The fourth-order valence-electron chi connectivity index (χ4n) is 1.78. The summed E-state index contributed by atoms with van der Waals surface area (Å²) in [5, 5.41) is 2.90. The van der Waals surface area contributed by atoms with Crippen LogP contribution in [0.5, 0.6) is 5.88 Å². The molecule has 0 unspecified atom stereocenters. The van der Waals surface area contributed by atoms with E-state index in [-0.39, 0.29) is 5.91 Å². The van der Waals surface area contributed by atoms with Crippen molar-refractivity contribution in [3.63, 3.8) is 0 Å². The Morgan fingerprint density at radius 3 is 2.74 bits per heavy atom. The molecule has 0 aliphatic rings. The van der Waals surface area contributed by atoms with Crippen molar-refractivity contribution in [3.8, 4) is 5.88 Å². The Balaban J connectivity index is 2.53. The molecular formula is C14H23N3O2. The molecule has 106 valence electrons. The molecule has 0 aliphatic carbocycles. The molecule has 19 heavy (non-hydrogen) atoms. The molecule has 0 spiro atoms. The zero-order valence-electron chi connectivity index (χ0n) is 12.0. The van der Waals surface area contributed by atoms with Crippen molar-refractivity contribution in [2.45, 2.75) is 20.8 Å². The lowest BCUT2D eigenvalue weighted by molar-refractivity contribution is 0.0944. The van der Waals surface area contributed by atoms with Crippen molar-refractivity contribution in [2.75, 3.05) is 32.8 Å². The summed E-state index contributed by atoms with van der Waals surface area (Å²) >= 11 is 0. The number of aromatic nitrogens is 1. The van der Waals surface area contributed by atoms with Crippen LogP contribution in [0.15, 0.2) is 18.3 Å². The molecule has 0 aromatic carbocycles. The lowest BCUT2D eigenvalue weighted by Crippen LogP contribution is -2.35.